The molecule has 0 radical (unpaired) electrons. The van der Waals surface area contributed by atoms with Gasteiger partial charge in [-0.1, -0.05) is 13.0 Å². The molecule has 2 rings (SSSR count). The van der Waals surface area contributed by atoms with Crippen molar-refractivity contribution in [1.29, 1.82) is 0 Å². The van der Waals surface area contributed by atoms with E-state index in [0.717, 1.165) is 32.1 Å². The average molecular weight is 249 g/mol. The number of methoxy groups -OCH3 is 1. The Bertz CT molecular complexity index is 425. The molecule has 1 aliphatic heterocycles. The molecule has 1 N–H and O–H groups in total. The van der Waals surface area contributed by atoms with E-state index in [-0.39, 0.29) is 5.41 Å². The first-order valence-corrected chi connectivity index (χ1v) is 6.57. The van der Waals surface area contributed by atoms with Crippen molar-refractivity contribution in [1.82, 2.24) is 5.32 Å². The van der Waals surface area contributed by atoms with Crippen molar-refractivity contribution < 1.29 is 9.47 Å². The lowest BCUT2D eigenvalue weighted by Gasteiger charge is -2.43. The van der Waals surface area contributed by atoms with Crippen molar-refractivity contribution >= 4 is 0 Å². The molecule has 0 atom stereocenters. The summed E-state index contributed by atoms with van der Waals surface area (Å²) in [6, 6.07) is 4.35. The summed E-state index contributed by atoms with van der Waals surface area (Å²) >= 11 is 0. The van der Waals surface area contributed by atoms with Crippen molar-refractivity contribution in [2.75, 3.05) is 33.4 Å². The van der Waals surface area contributed by atoms with E-state index in [0.29, 0.717) is 0 Å². The molecule has 0 bridgehead atoms. The lowest BCUT2D eigenvalue weighted by atomic mass is 9.75. The van der Waals surface area contributed by atoms with Gasteiger partial charge >= 0.3 is 0 Å². The summed E-state index contributed by atoms with van der Waals surface area (Å²) in [6.07, 6.45) is 0. The van der Waals surface area contributed by atoms with Gasteiger partial charge in [-0.25, -0.2) is 0 Å². The first-order valence-electron chi connectivity index (χ1n) is 6.57. The minimum atomic E-state index is 0.0825. The van der Waals surface area contributed by atoms with Crippen LogP contribution < -0.4 is 10.1 Å². The van der Waals surface area contributed by atoms with Crippen LogP contribution in [0.1, 0.15) is 23.6 Å². The molecule has 0 aromatic heterocycles. The van der Waals surface area contributed by atoms with E-state index in [9.17, 15) is 0 Å². The van der Waals surface area contributed by atoms with E-state index in [1.165, 1.54) is 16.7 Å². The fourth-order valence-electron chi connectivity index (χ4n) is 2.82. The Morgan fingerprint density at radius 2 is 2.06 bits per heavy atom. The van der Waals surface area contributed by atoms with Crippen LogP contribution in [0, 0.1) is 13.8 Å². The maximum absolute atomic E-state index is 5.59. The first kappa shape index (κ1) is 13.4. The van der Waals surface area contributed by atoms with Gasteiger partial charge in [-0.3, -0.25) is 0 Å². The lowest BCUT2D eigenvalue weighted by molar-refractivity contribution is -0.0600. The standard InChI is InChI=1S/C15H23NO2/c1-5-16-8-15(9-18-10-15)14-12(3)6-11(2)7-13(14)17-4/h6-7,16H,5,8-10H2,1-4H3. The molecule has 1 fully saturated rings. The normalized spacial score (nSPS) is 17.3. The summed E-state index contributed by atoms with van der Waals surface area (Å²) in [7, 11) is 1.75. The summed E-state index contributed by atoms with van der Waals surface area (Å²) in [4.78, 5) is 0. The molecule has 1 aromatic carbocycles. The van der Waals surface area contributed by atoms with Crippen molar-refractivity contribution in [2.45, 2.75) is 26.2 Å². The van der Waals surface area contributed by atoms with Gasteiger partial charge in [-0.05, 0) is 37.6 Å². The third-order valence-electron chi connectivity index (χ3n) is 3.66. The second-order valence-electron chi connectivity index (χ2n) is 5.21. The zero-order valence-electron chi connectivity index (χ0n) is 11.8. The van der Waals surface area contributed by atoms with Gasteiger partial charge in [-0.15, -0.1) is 0 Å². The van der Waals surface area contributed by atoms with Crippen LogP contribution in [0.5, 0.6) is 5.75 Å². The van der Waals surface area contributed by atoms with Gasteiger partial charge in [0.05, 0.1) is 25.7 Å². The maximum Gasteiger partial charge on any atom is 0.123 e. The summed E-state index contributed by atoms with van der Waals surface area (Å²) < 4.78 is 11.1. The number of likely N-dealkylation sites (N-methyl/N-ethyl adjacent to an activating group) is 1. The highest BCUT2D eigenvalue weighted by Crippen LogP contribution is 2.40. The Kier molecular flexibility index (Phi) is 3.93. The quantitative estimate of drug-likeness (QED) is 0.867. The predicted octanol–water partition coefficient (Wildman–Crippen LogP) is 2.19. The predicted molar refractivity (Wildman–Crippen MR) is 73.5 cm³/mol. The number of rotatable bonds is 5. The second-order valence-corrected chi connectivity index (χ2v) is 5.21. The second kappa shape index (κ2) is 5.29. The minimum Gasteiger partial charge on any atom is -0.496 e. The van der Waals surface area contributed by atoms with Gasteiger partial charge < -0.3 is 14.8 Å². The highest BCUT2D eigenvalue weighted by Gasteiger charge is 2.43. The highest BCUT2D eigenvalue weighted by molar-refractivity contribution is 5.49. The molecule has 0 spiro atoms. The molecule has 100 valence electrons. The van der Waals surface area contributed by atoms with Crippen molar-refractivity contribution in [3.63, 3.8) is 0 Å². The van der Waals surface area contributed by atoms with Crippen LogP contribution >= 0.6 is 0 Å². The van der Waals surface area contributed by atoms with Crippen LogP contribution in [-0.2, 0) is 10.2 Å². The van der Waals surface area contributed by atoms with Gasteiger partial charge in [0.15, 0.2) is 0 Å². The molecular formula is C15H23NO2. The largest absolute Gasteiger partial charge is 0.496 e. The highest BCUT2D eigenvalue weighted by atomic mass is 16.5. The molecule has 3 heteroatoms. The van der Waals surface area contributed by atoms with E-state index in [4.69, 9.17) is 9.47 Å². The summed E-state index contributed by atoms with van der Waals surface area (Å²) in [5.74, 6) is 0.994. The Balaban J connectivity index is 2.41. The van der Waals surface area contributed by atoms with E-state index >= 15 is 0 Å². The number of ether oxygens (including phenoxy) is 2. The molecule has 0 amide bonds. The molecule has 1 heterocycles. The van der Waals surface area contributed by atoms with Crippen LogP contribution in [-0.4, -0.2) is 33.4 Å². The number of hydrogen-bond acceptors (Lipinski definition) is 3. The van der Waals surface area contributed by atoms with E-state index < -0.39 is 0 Å². The third-order valence-corrected chi connectivity index (χ3v) is 3.66. The van der Waals surface area contributed by atoms with Crippen molar-refractivity contribution in [3.8, 4) is 5.75 Å². The Labute approximate surface area is 109 Å². The Hall–Kier alpha value is -1.06. The number of aryl methyl sites for hydroxylation is 2. The van der Waals surface area contributed by atoms with Gasteiger partial charge in [0.1, 0.15) is 5.75 Å². The Morgan fingerprint density at radius 1 is 1.33 bits per heavy atom. The zero-order valence-corrected chi connectivity index (χ0v) is 11.8. The van der Waals surface area contributed by atoms with Crippen LogP contribution in [0.4, 0.5) is 0 Å². The minimum absolute atomic E-state index is 0.0825. The Morgan fingerprint density at radius 3 is 2.56 bits per heavy atom. The smallest absolute Gasteiger partial charge is 0.123 e. The number of hydrogen-bond donors (Lipinski definition) is 1. The monoisotopic (exact) mass is 249 g/mol. The first-order chi connectivity index (χ1) is 8.63. The van der Waals surface area contributed by atoms with Gasteiger partial charge in [0.25, 0.3) is 0 Å². The van der Waals surface area contributed by atoms with E-state index in [2.05, 4.69) is 38.2 Å². The fraction of sp³-hybridized carbons (Fsp3) is 0.600. The molecule has 0 aliphatic carbocycles. The summed E-state index contributed by atoms with van der Waals surface area (Å²) in [6.45, 7) is 9.89. The molecular weight excluding hydrogens is 226 g/mol. The molecule has 1 saturated heterocycles. The molecule has 0 saturated carbocycles. The third kappa shape index (κ3) is 2.25. The van der Waals surface area contributed by atoms with E-state index in [1.54, 1.807) is 7.11 Å². The topological polar surface area (TPSA) is 30.5 Å². The van der Waals surface area contributed by atoms with Gasteiger partial charge in [0.2, 0.25) is 0 Å². The molecule has 18 heavy (non-hydrogen) atoms. The molecule has 1 aliphatic rings. The molecule has 3 nitrogen and oxygen atoms in total. The van der Waals surface area contributed by atoms with Gasteiger partial charge in [0, 0.05) is 12.1 Å². The molecule has 0 unspecified atom stereocenters. The summed E-state index contributed by atoms with van der Waals surface area (Å²) in [5, 5.41) is 3.45. The van der Waals surface area contributed by atoms with Crippen LogP contribution in [0.25, 0.3) is 0 Å². The lowest BCUT2D eigenvalue weighted by Crippen LogP contribution is -2.54. The van der Waals surface area contributed by atoms with Gasteiger partial charge in [-0.2, -0.15) is 0 Å². The zero-order chi connectivity index (χ0) is 13.2. The van der Waals surface area contributed by atoms with Crippen LogP contribution in [0.15, 0.2) is 12.1 Å². The fourth-order valence-corrected chi connectivity index (χ4v) is 2.82. The van der Waals surface area contributed by atoms with E-state index in [1.807, 2.05) is 0 Å². The SMILES string of the molecule is CCNCC1(c2c(C)cc(C)cc2OC)COC1. The maximum atomic E-state index is 5.59. The number of benzene rings is 1. The summed E-state index contributed by atoms with van der Waals surface area (Å²) in [5.41, 5.74) is 3.93. The van der Waals surface area contributed by atoms with Crippen molar-refractivity contribution in [2.24, 2.45) is 0 Å². The van der Waals surface area contributed by atoms with Crippen molar-refractivity contribution in [3.05, 3.63) is 28.8 Å². The average Bonchev–Trinajstić information content (AvgIpc) is 2.29. The van der Waals surface area contributed by atoms with Crippen LogP contribution in [0.3, 0.4) is 0 Å². The number of nitrogens with one attached hydrogen (secondary N) is 1. The van der Waals surface area contributed by atoms with Crippen LogP contribution in [0.2, 0.25) is 0 Å². The molecule has 1 aromatic rings.